The molecule has 0 radical (unpaired) electrons. The predicted molar refractivity (Wildman–Crippen MR) is 62.2 cm³/mol. The van der Waals surface area contributed by atoms with Gasteiger partial charge < -0.3 is 9.47 Å². The molecule has 6 heteroatoms. The summed E-state index contributed by atoms with van der Waals surface area (Å²) < 4.78 is 10.7. The van der Waals surface area contributed by atoms with E-state index in [1.54, 1.807) is 0 Å². The molecule has 5 atom stereocenters. The van der Waals surface area contributed by atoms with E-state index in [-0.39, 0.29) is 42.7 Å². The van der Waals surface area contributed by atoms with Crippen molar-refractivity contribution in [2.75, 3.05) is 6.61 Å². The van der Waals surface area contributed by atoms with Gasteiger partial charge in [-0.2, -0.15) is 0 Å². The molecule has 0 aliphatic carbocycles. The molecular weight excluding hydrogens is 222 g/mol. The first-order chi connectivity index (χ1) is 7.97. The van der Waals surface area contributed by atoms with Gasteiger partial charge in [0.1, 0.15) is 6.61 Å². The van der Waals surface area contributed by atoms with Gasteiger partial charge in [0.2, 0.25) is 0 Å². The van der Waals surface area contributed by atoms with Crippen LogP contribution in [-0.2, 0) is 14.3 Å². The summed E-state index contributed by atoms with van der Waals surface area (Å²) in [5.41, 5.74) is 8.52. The fourth-order valence-corrected chi connectivity index (χ4v) is 2.21. The molecule has 1 rings (SSSR count). The van der Waals surface area contributed by atoms with Crippen LogP contribution in [0.15, 0.2) is 5.11 Å². The maximum absolute atomic E-state index is 10.8. The van der Waals surface area contributed by atoms with Gasteiger partial charge in [-0.1, -0.05) is 19.0 Å². The molecular formula is C11H19N3O3. The molecule has 3 unspecified atom stereocenters. The Labute approximate surface area is 101 Å². The first kappa shape index (κ1) is 13.8. The largest absolute Gasteiger partial charge is 0.463 e. The molecule has 0 spiro atoms. The van der Waals surface area contributed by atoms with Crippen LogP contribution in [0.1, 0.15) is 27.7 Å². The Balaban J connectivity index is 2.68. The first-order valence-electron chi connectivity index (χ1n) is 5.80. The number of hydrogen-bond acceptors (Lipinski definition) is 4. The summed E-state index contributed by atoms with van der Waals surface area (Å²) in [6.45, 7) is 7.56. The summed E-state index contributed by atoms with van der Waals surface area (Å²) in [6, 6.07) is -0.163. The number of nitrogens with zero attached hydrogens (tertiary/aromatic N) is 3. The highest BCUT2D eigenvalue weighted by Crippen LogP contribution is 2.32. The van der Waals surface area contributed by atoms with E-state index in [1.165, 1.54) is 6.92 Å². The van der Waals surface area contributed by atoms with E-state index in [4.69, 9.17) is 15.0 Å². The van der Waals surface area contributed by atoms with Crippen molar-refractivity contribution >= 4 is 5.97 Å². The van der Waals surface area contributed by atoms with Crippen LogP contribution >= 0.6 is 0 Å². The van der Waals surface area contributed by atoms with Gasteiger partial charge in [0.15, 0.2) is 0 Å². The third kappa shape index (κ3) is 3.35. The molecule has 0 aromatic carbocycles. The molecule has 1 fully saturated rings. The van der Waals surface area contributed by atoms with Crippen LogP contribution in [0.5, 0.6) is 0 Å². The van der Waals surface area contributed by atoms with E-state index in [2.05, 4.69) is 10.0 Å². The molecule has 6 nitrogen and oxygen atoms in total. The van der Waals surface area contributed by atoms with Gasteiger partial charge in [0, 0.05) is 11.8 Å². The molecule has 0 aromatic heterocycles. The Morgan fingerprint density at radius 1 is 1.41 bits per heavy atom. The Kier molecular flexibility index (Phi) is 4.78. The summed E-state index contributed by atoms with van der Waals surface area (Å²) in [7, 11) is 0. The zero-order valence-electron chi connectivity index (χ0n) is 10.7. The number of rotatable bonds is 3. The molecule has 0 saturated carbocycles. The number of esters is 1. The number of ether oxygens (including phenoxy) is 2. The average Bonchev–Trinajstić information content (AvgIpc) is 2.27. The molecule has 1 heterocycles. The zero-order chi connectivity index (χ0) is 13.0. The summed E-state index contributed by atoms with van der Waals surface area (Å²) in [6.07, 6.45) is -0.285. The third-order valence-electron chi connectivity index (χ3n) is 3.46. The lowest BCUT2D eigenvalue weighted by atomic mass is 9.80. The Morgan fingerprint density at radius 3 is 2.59 bits per heavy atom. The Hall–Kier alpha value is -1.26. The minimum Gasteiger partial charge on any atom is -0.463 e. The number of carbonyl (C=O) groups is 1. The van der Waals surface area contributed by atoms with Gasteiger partial charge in [-0.15, -0.1) is 0 Å². The van der Waals surface area contributed by atoms with Gasteiger partial charge in [-0.3, -0.25) is 4.79 Å². The molecule has 1 aliphatic rings. The van der Waals surface area contributed by atoms with Crippen LogP contribution in [0, 0.1) is 11.8 Å². The standard InChI is InChI=1S/C11H19N3O3/c1-6-7(2)11(13-14-12)8(3)17-10(6)5-16-9(4)15/h6-8,10-11H,5H2,1-4H3/t6-,7-,8?,10?,11?/m0/s1. The van der Waals surface area contributed by atoms with Crippen LogP contribution in [0.3, 0.4) is 0 Å². The average molecular weight is 241 g/mol. The smallest absolute Gasteiger partial charge is 0.302 e. The second-order valence-corrected chi connectivity index (χ2v) is 4.60. The number of hydrogen-bond donors (Lipinski definition) is 0. The summed E-state index contributed by atoms with van der Waals surface area (Å²) in [5.74, 6) is 0.0783. The molecule has 1 saturated heterocycles. The topological polar surface area (TPSA) is 84.3 Å². The van der Waals surface area contributed by atoms with Crippen LogP contribution in [-0.4, -0.2) is 30.8 Å². The fraction of sp³-hybridized carbons (Fsp3) is 0.909. The highest BCUT2D eigenvalue weighted by atomic mass is 16.6. The minimum absolute atomic E-state index is 0.131. The second-order valence-electron chi connectivity index (χ2n) is 4.60. The van der Waals surface area contributed by atoms with Gasteiger partial charge in [-0.25, -0.2) is 0 Å². The van der Waals surface area contributed by atoms with Crippen molar-refractivity contribution in [2.24, 2.45) is 17.0 Å². The molecule has 0 N–H and O–H groups in total. The van der Waals surface area contributed by atoms with Gasteiger partial charge in [0.05, 0.1) is 18.2 Å². The minimum atomic E-state index is -0.307. The third-order valence-corrected chi connectivity index (χ3v) is 3.46. The highest BCUT2D eigenvalue weighted by Gasteiger charge is 2.39. The summed E-state index contributed by atoms with van der Waals surface area (Å²) >= 11 is 0. The van der Waals surface area contributed by atoms with E-state index in [1.807, 2.05) is 20.8 Å². The Bertz CT molecular complexity index is 328. The highest BCUT2D eigenvalue weighted by molar-refractivity contribution is 5.65. The van der Waals surface area contributed by atoms with Crippen molar-refractivity contribution in [3.8, 4) is 0 Å². The first-order valence-corrected chi connectivity index (χ1v) is 5.80. The monoisotopic (exact) mass is 241 g/mol. The molecule has 0 bridgehead atoms. The van der Waals surface area contributed by atoms with E-state index in [0.29, 0.717) is 0 Å². The normalized spacial score (nSPS) is 37.1. The lowest BCUT2D eigenvalue weighted by Gasteiger charge is -2.41. The van der Waals surface area contributed by atoms with Gasteiger partial charge in [-0.05, 0) is 24.3 Å². The van der Waals surface area contributed by atoms with Crippen molar-refractivity contribution in [3.63, 3.8) is 0 Å². The van der Waals surface area contributed by atoms with E-state index < -0.39 is 0 Å². The van der Waals surface area contributed by atoms with Crippen LogP contribution in [0.25, 0.3) is 10.4 Å². The molecule has 0 aromatic rings. The number of azide groups is 1. The molecule has 96 valence electrons. The molecule has 17 heavy (non-hydrogen) atoms. The van der Waals surface area contributed by atoms with Crippen LogP contribution in [0.2, 0.25) is 0 Å². The quantitative estimate of drug-likeness (QED) is 0.329. The maximum Gasteiger partial charge on any atom is 0.302 e. The van der Waals surface area contributed by atoms with Gasteiger partial charge in [0.25, 0.3) is 0 Å². The van der Waals surface area contributed by atoms with Crippen LogP contribution < -0.4 is 0 Å². The van der Waals surface area contributed by atoms with Crippen molar-refractivity contribution in [1.82, 2.24) is 0 Å². The van der Waals surface area contributed by atoms with Crippen molar-refractivity contribution in [2.45, 2.75) is 45.9 Å². The van der Waals surface area contributed by atoms with Crippen molar-refractivity contribution < 1.29 is 14.3 Å². The number of carbonyl (C=O) groups excluding carboxylic acids is 1. The van der Waals surface area contributed by atoms with Crippen molar-refractivity contribution in [3.05, 3.63) is 10.4 Å². The van der Waals surface area contributed by atoms with E-state index in [0.717, 1.165) is 0 Å². The Morgan fingerprint density at radius 2 is 2.06 bits per heavy atom. The van der Waals surface area contributed by atoms with E-state index in [9.17, 15) is 4.79 Å². The zero-order valence-corrected chi connectivity index (χ0v) is 10.7. The maximum atomic E-state index is 10.8. The lowest BCUT2D eigenvalue weighted by Crippen LogP contribution is -2.48. The van der Waals surface area contributed by atoms with Crippen molar-refractivity contribution in [1.29, 1.82) is 0 Å². The summed E-state index contributed by atoms with van der Waals surface area (Å²) in [5, 5.41) is 3.77. The predicted octanol–water partition coefficient (Wildman–Crippen LogP) is 2.29. The van der Waals surface area contributed by atoms with E-state index >= 15 is 0 Å². The summed E-state index contributed by atoms with van der Waals surface area (Å²) in [4.78, 5) is 13.6. The van der Waals surface area contributed by atoms with Gasteiger partial charge >= 0.3 is 5.97 Å². The molecule has 0 amide bonds. The SMILES string of the molecule is CC(=O)OCC1OC(C)C(N=[N+]=[N-])[C@@H](C)[C@@H]1C. The second kappa shape index (κ2) is 5.89. The fourth-order valence-electron chi connectivity index (χ4n) is 2.21. The molecule has 1 aliphatic heterocycles. The van der Waals surface area contributed by atoms with Crippen LogP contribution in [0.4, 0.5) is 0 Å². The lowest BCUT2D eigenvalue weighted by molar-refractivity contribution is -0.158.